The Hall–Kier alpha value is -3.03. The number of sulfonamides is 1. The van der Waals surface area contributed by atoms with Gasteiger partial charge in [0.25, 0.3) is 0 Å². The Balaban J connectivity index is 1.50. The summed E-state index contributed by atoms with van der Waals surface area (Å²) in [6, 6.07) is 20.9. The molecule has 154 valence electrons. The van der Waals surface area contributed by atoms with Crippen molar-refractivity contribution in [3.63, 3.8) is 0 Å². The quantitative estimate of drug-likeness (QED) is 0.473. The lowest BCUT2D eigenvalue weighted by Crippen LogP contribution is -2.28. The van der Waals surface area contributed by atoms with E-state index in [9.17, 15) is 8.42 Å². The molecule has 0 spiro atoms. The molecule has 2 aromatic carbocycles. The SMILES string of the molecule is Cc1ccc(S(=O)(=O)NCCn2c(CCc3ccccc3)nc3cccnc32)cc1. The summed E-state index contributed by atoms with van der Waals surface area (Å²) in [6.45, 7) is 2.65. The van der Waals surface area contributed by atoms with Gasteiger partial charge in [-0.25, -0.2) is 23.1 Å². The average Bonchev–Trinajstić information content (AvgIpc) is 3.11. The van der Waals surface area contributed by atoms with Crippen LogP contribution in [0.25, 0.3) is 11.2 Å². The van der Waals surface area contributed by atoms with E-state index in [2.05, 4.69) is 21.8 Å². The number of nitrogens with one attached hydrogen (secondary N) is 1. The predicted molar refractivity (Wildman–Crippen MR) is 118 cm³/mol. The summed E-state index contributed by atoms with van der Waals surface area (Å²) in [4.78, 5) is 9.47. The van der Waals surface area contributed by atoms with Gasteiger partial charge in [-0.1, -0.05) is 48.0 Å². The van der Waals surface area contributed by atoms with Crippen LogP contribution in [0, 0.1) is 6.92 Å². The van der Waals surface area contributed by atoms with E-state index < -0.39 is 10.0 Å². The second-order valence-electron chi connectivity index (χ2n) is 7.22. The van der Waals surface area contributed by atoms with Crippen LogP contribution < -0.4 is 4.72 Å². The maximum Gasteiger partial charge on any atom is 0.240 e. The van der Waals surface area contributed by atoms with Crippen molar-refractivity contribution in [3.8, 4) is 0 Å². The molecule has 0 bridgehead atoms. The molecule has 0 aliphatic carbocycles. The number of rotatable bonds is 8. The minimum atomic E-state index is -3.56. The van der Waals surface area contributed by atoms with Gasteiger partial charge in [0.2, 0.25) is 10.0 Å². The van der Waals surface area contributed by atoms with Crippen molar-refractivity contribution in [2.45, 2.75) is 31.2 Å². The lowest BCUT2D eigenvalue weighted by Gasteiger charge is -2.11. The van der Waals surface area contributed by atoms with Crippen LogP contribution in [0.5, 0.6) is 0 Å². The van der Waals surface area contributed by atoms with Gasteiger partial charge in [-0.3, -0.25) is 0 Å². The Labute approximate surface area is 176 Å². The molecule has 1 N–H and O–H groups in total. The summed E-state index contributed by atoms with van der Waals surface area (Å²) < 4.78 is 29.9. The molecule has 0 saturated heterocycles. The van der Waals surface area contributed by atoms with E-state index in [-0.39, 0.29) is 11.4 Å². The molecular weight excluding hydrogens is 396 g/mol. The highest BCUT2D eigenvalue weighted by atomic mass is 32.2. The Bertz CT molecular complexity index is 1230. The minimum absolute atomic E-state index is 0.260. The first-order chi connectivity index (χ1) is 14.5. The van der Waals surface area contributed by atoms with Crippen molar-refractivity contribution in [1.82, 2.24) is 19.3 Å². The first-order valence-electron chi connectivity index (χ1n) is 9.93. The smallest absolute Gasteiger partial charge is 0.240 e. The Kier molecular flexibility index (Phi) is 5.92. The Morgan fingerprint density at radius 1 is 0.933 bits per heavy atom. The van der Waals surface area contributed by atoms with Crippen LogP contribution >= 0.6 is 0 Å². The van der Waals surface area contributed by atoms with E-state index >= 15 is 0 Å². The fourth-order valence-corrected chi connectivity index (χ4v) is 4.45. The zero-order valence-corrected chi connectivity index (χ0v) is 17.6. The van der Waals surface area contributed by atoms with Crippen molar-refractivity contribution in [3.05, 3.63) is 89.9 Å². The van der Waals surface area contributed by atoms with Crippen LogP contribution in [0.3, 0.4) is 0 Å². The summed E-state index contributed by atoms with van der Waals surface area (Å²) >= 11 is 0. The molecule has 0 saturated carbocycles. The van der Waals surface area contributed by atoms with E-state index in [0.717, 1.165) is 35.4 Å². The van der Waals surface area contributed by atoms with Gasteiger partial charge in [-0.05, 0) is 43.2 Å². The lowest BCUT2D eigenvalue weighted by molar-refractivity contribution is 0.570. The van der Waals surface area contributed by atoms with Crippen LogP contribution in [-0.4, -0.2) is 29.5 Å². The number of benzene rings is 2. The van der Waals surface area contributed by atoms with Crippen LogP contribution in [0.4, 0.5) is 0 Å². The van der Waals surface area contributed by atoms with Gasteiger partial charge in [0.05, 0.1) is 4.90 Å². The summed E-state index contributed by atoms with van der Waals surface area (Å²) in [5.74, 6) is 0.905. The van der Waals surface area contributed by atoms with E-state index in [1.54, 1.807) is 30.5 Å². The van der Waals surface area contributed by atoms with Gasteiger partial charge in [0.15, 0.2) is 5.65 Å². The molecular formula is C23H24N4O2S. The Morgan fingerprint density at radius 2 is 1.70 bits per heavy atom. The molecule has 0 unspecified atom stereocenters. The molecule has 0 aliphatic rings. The molecule has 7 heteroatoms. The Morgan fingerprint density at radius 3 is 2.47 bits per heavy atom. The van der Waals surface area contributed by atoms with Gasteiger partial charge in [-0.2, -0.15) is 0 Å². The standard InChI is InChI=1S/C23H24N4O2S/c1-18-9-12-20(13-10-18)30(28,29)25-16-17-27-22(14-11-19-6-3-2-4-7-19)26-21-8-5-15-24-23(21)27/h2-10,12-13,15,25H,11,14,16-17H2,1H3. The topological polar surface area (TPSA) is 76.9 Å². The summed E-state index contributed by atoms with van der Waals surface area (Å²) in [6.07, 6.45) is 3.35. The highest BCUT2D eigenvalue weighted by molar-refractivity contribution is 7.89. The van der Waals surface area contributed by atoms with Gasteiger partial charge < -0.3 is 4.57 Å². The number of imidazole rings is 1. The summed E-state index contributed by atoms with van der Waals surface area (Å²) in [5.41, 5.74) is 3.86. The second kappa shape index (κ2) is 8.77. The van der Waals surface area contributed by atoms with Crippen molar-refractivity contribution < 1.29 is 8.42 Å². The third-order valence-corrected chi connectivity index (χ3v) is 6.50. The van der Waals surface area contributed by atoms with E-state index in [1.807, 2.05) is 41.8 Å². The van der Waals surface area contributed by atoms with Crippen LogP contribution in [0.1, 0.15) is 17.0 Å². The lowest BCUT2D eigenvalue weighted by atomic mass is 10.1. The molecule has 2 aromatic heterocycles. The highest BCUT2D eigenvalue weighted by Gasteiger charge is 2.15. The maximum absolute atomic E-state index is 12.6. The van der Waals surface area contributed by atoms with Crippen molar-refractivity contribution in [2.75, 3.05) is 6.54 Å². The number of nitrogens with zero attached hydrogens (tertiary/aromatic N) is 3. The molecule has 0 fully saturated rings. The van der Waals surface area contributed by atoms with Crippen LogP contribution in [-0.2, 0) is 29.4 Å². The van der Waals surface area contributed by atoms with E-state index in [0.29, 0.717) is 6.54 Å². The second-order valence-corrected chi connectivity index (χ2v) is 8.99. The number of pyridine rings is 1. The van der Waals surface area contributed by atoms with Gasteiger partial charge in [0.1, 0.15) is 11.3 Å². The molecule has 0 amide bonds. The van der Waals surface area contributed by atoms with Crippen molar-refractivity contribution in [1.29, 1.82) is 0 Å². The number of fused-ring (bicyclic) bond motifs is 1. The van der Waals surface area contributed by atoms with Crippen LogP contribution in [0.2, 0.25) is 0 Å². The molecule has 6 nitrogen and oxygen atoms in total. The maximum atomic E-state index is 12.6. The molecule has 0 radical (unpaired) electrons. The molecule has 4 aromatic rings. The summed E-state index contributed by atoms with van der Waals surface area (Å²) in [7, 11) is -3.56. The van der Waals surface area contributed by atoms with Crippen molar-refractivity contribution >= 4 is 21.2 Å². The number of aromatic nitrogens is 3. The average molecular weight is 421 g/mol. The van der Waals surface area contributed by atoms with Gasteiger partial charge in [-0.15, -0.1) is 0 Å². The fraction of sp³-hybridized carbons (Fsp3) is 0.217. The van der Waals surface area contributed by atoms with E-state index in [1.165, 1.54) is 5.56 Å². The van der Waals surface area contributed by atoms with Crippen LogP contribution in [0.15, 0.2) is 77.8 Å². The first-order valence-corrected chi connectivity index (χ1v) is 11.4. The third kappa shape index (κ3) is 4.58. The zero-order chi connectivity index (χ0) is 21.0. The van der Waals surface area contributed by atoms with E-state index in [4.69, 9.17) is 4.98 Å². The predicted octanol–water partition coefficient (Wildman–Crippen LogP) is 3.50. The number of aryl methyl sites for hydroxylation is 3. The van der Waals surface area contributed by atoms with Crippen molar-refractivity contribution in [2.24, 2.45) is 0 Å². The van der Waals surface area contributed by atoms with Gasteiger partial charge in [0, 0.05) is 25.7 Å². The highest BCUT2D eigenvalue weighted by Crippen LogP contribution is 2.16. The first kappa shape index (κ1) is 20.3. The summed E-state index contributed by atoms with van der Waals surface area (Å²) in [5, 5.41) is 0. The normalized spacial score (nSPS) is 11.8. The number of hydrogen-bond acceptors (Lipinski definition) is 4. The zero-order valence-electron chi connectivity index (χ0n) is 16.8. The molecule has 0 aliphatic heterocycles. The molecule has 0 atom stereocenters. The van der Waals surface area contributed by atoms with Gasteiger partial charge >= 0.3 is 0 Å². The largest absolute Gasteiger partial charge is 0.311 e. The molecule has 4 rings (SSSR count). The third-order valence-electron chi connectivity index (χ3n) is 5.02. The molecule has 30 heavy (non-hydrogen) atoms. The number of hydrogen-bond donors (Lipinski definition) is 1. The monoisotopic (exact) mass is 420 g/mol. The fourth-order valence-electron chi connectivity index (χ4n) is 3.42. The minimum Gasteiger partial charge on any atom is -0.311 e. The molecule has 2 heterocycles.